The van der Waals surface area contributed by atoms with Gasteiger partial charge in [0.15, 0.2) is 0 Å². The van der Waals surface area contributed by atoms with Gasteiger partial charge in [0.1, 0.15) is 17.5 Å². The molecule has 3 N–H and O–H groups in total. The maximum atomic E-state index is 14.3. The van der Waals surface area contributed by atoms with Crippen LogP contribution in [0.2, 0.25) is 10.0 Å². The predicted octanol–water partition coefficient (Wildman–Crippen LogP) is 5.33. The Hall–Kier alpha value is -3.70. The van der Waals surface area contributed by atoms with Crippen molar-refractivity contribution in [3.05, 3.63) is 99.3 Å². The monoisotopic (exact) mass is 683 g/mol. The average Bonchev–Trinajstić information content (AvgIpc) is 3.07. The van der Waals surface area contributed by atoms with Gasteiger partial charge in [0.05, 0.1) is 21.7 Å². The minimum Gasteiger partial charge on any atom is -0.437 e. The molecule has 1 spiro atoms. The molecular weight excluding hydrogens is 644 g/mol. The van der Waals surface area contributed by atoms with Crippen LogP contribution in [-0.2, 0) is 26.3 Å². The minimum atomic E-state index is -0.918. The third-order valence-corrected chi connectivity index (χ3v) is 9.98. The van der Waals surface area contributed by atoms with Gasteiger partial charge >= 0.3 is 6.09 Å². The number of nitrogens with one attached hydrogen (secondary N) is 1. The summed E-state index contributed by atoms with van der Waals surface area (Å²) in [6.45, 7) is 2.27. The SMILES string of the molecule is CN1C(=O)OC2(CCN(CC[C@@H](C(=O)N(C)[C@@H](Cc3ccccc3)C(=O)NCCN)c3ccc(Cl)c(Cl)c3)CC2)c2cc(F)ccc21. The van der Waals surface area contributed by atoms with Crippen molar-refractivity contribution in [3.63, 3.8) is 0 Å². The van der Waals surface area contributed by atoms with Crippen molar-refractivity contribution >= 4 is 46.8 Å². The second-order valence-corrected chi connectivity index (χ2v) is 13.0. The van der Waals surface area contributed by atoms with Crippen LogP contribution in [0.5, 0.6) is 0 Å². The molecular formula is C35H40Cl2FN5O4. The van der Waals surface area contributed by atoms with Crippen LogP contribution in [0.15, 0.2) is 66.7 Å². The Labute approximate surface area is 284 Å². The van der Waals surface area contributed by atoms with E-state index in [0.29, 0.717) is 78.7 Å². The van der Waals surface area contributed by atoms with E-state index in [2.05, 4.69) is 10.2 Å². The molecule has 0 aromatic heterocycles. The summed E-state index contributed by atoms with van der Waals surface area (Å²) in [5.41, 5.74) is 7.66. The van der Waals surface area contributed by atoms with Crippen LogP contribution >= 0.6 is 23.2 Å². The maximum Gasteiger partial charge on any atom is 0.414 e. The van der Waals surface area contributed by atoms with Crippen LogP contribution in [0.3, 0.4) is 0 Å². The molecule has 0 bridgehead atoms. The van der Waals surface area contributed by atoms with E-state index in [9.17, 15) is 18.8 Å². The molecule has 12 heteroatoms. The number of piperidine rings is 1. The molecule has 0 radical (unpaired) electrons. The molecule has 2 atom stereocenters. The molecule has 250 valence electrons. The molecule has 5 rings (SSSR count). The van der Waals surface area contributed by atoms with Crippen molar-refractivity contribution in [3.8, 4) is 0 Å². The fourth-order valence-corrected chi connectivity index (χ4v) is 6.80. The van der Waals surface area contributed by atoms with Crippen molar-refractivity contribution in [2.24, 2.45) is 5.73 Å². The van der Waals surface area contributed by atoms with Gasteiger partial charge in [-0.3, -0.25) is 14.5 Å². The number of likely N-dealkylation sites (tertiary alicyclic amines) is 1. The average molecular weight is 685 g/mol. The first-order chi connectivity index (χ1) is 22.5. The van der Waals surface area contributed by atoms with Gasteiger partial charge in [-0.05, 0) is 54.4 Å². The Morgan fingerprint density at radius 3 is 2.47 bits per heavy atom. The largest absolute Gasteiger partial charge is 0.437 e. The Morgan fingerprint density at radius 1 is 1.06 bits per heavy atom. The van der Waals surface area contributed by atoms with Gasteiger partial charge in [0.25, 0.3) is 0 Å². The Morgan fingerprint density at radius 2 is 1.79 bits per heavy atom. The molecule has 3 aromatic rings. The molecule has 0 unspecified atom stereocenters. The van der Waals surface area contributed by atoms with Gasteiger partial charge < -0.3 is 25.6 Å². The maximum absolute atomic E-state index is 14.3. The lowest BCUT2D eigenvalue weighted by atomic mass is 9.81. The molecule has 1 fully saturated rings. The second kappa shape index (κ2) is 15.0. The van der Waals surface area contributed by atoms with Crippen molar-refractivity contribution in [2.75, 3.05) is 51.7 Å². The zero-order chi connectivity index (χ0) is 33.7. The summed E-state index contributed by atoms with van der Waals surface area (Å²) in [7, 11) is 3.27. The lowest BCUT2D eigenvalue weighted by molar-refractivity contribution is -0.140. The third-order valence-electron chi connectivity index (χ3n) is 9.24. The lowest BCUT2D eigenvalue weighted by Crippen LogP contribution is -2.52. The Bertz CT molecular complexity index is 1600. The van der Waals surface area contributed by atoms with Gasteiger partial charge in [0, 0.05) is 65.1 Å². The first-order valence-electron chi connectivity index (χ1n) is 15.8. The number of nitrogens with two attached hydrogens (primary N) is 1. The molecule has 9 nitrogen and oxygen atoms in total. The summed E-state index contributed by atoms with van der Waals surface area (Å²) in [6, 6.07) is 18.4. The molecule has 2 heterocycles. The number of carbonyl (C=O) groups excluding carboxylic acids is 3. The standard InChI is InChI=1S/C35H40Cl2FN5O4/c1-41(31(32(44)40-16-15-39)20-23-6-4-3-5-7-23)33(45)26(24-8-10-28(36)29(37)21-24)12-17-43-18-13-35(14-19-43)27-22-25(38)9-11-30(27)42(2)34(46)47-35/h3-11,21-22,26,31H,12-20,39H2,1-2H3,(H,40,44)/t26-,31+/m1/s1. The quantitative estimate of drug-likeness (QED) is 0.283. The molecule has 2 aliphatic rings. The number of carbonyl (C=O) groups is 3. The van der Waals surface area contributed by atoms with Crippen molar-refractivity contribution in [2.45, 2.75) is 43.2 Å². The van der Waals surface area contributed by atoms with Crippen molar-refractivity contribution < 1.29 is 23.5 Å². The smallest absolute Gasteiger partial charge is 0.414 e. The highest BCUT2D eigenvalue weighted by Crippen LogP contribution is 2.45. The van der Waals surface area contributed by atoms with Crippen LogP contribution < -0.4 is 16.0 Å². The zero-order valence-corrected chi connectivity index (χ0v) is 28.1. The molecule has 2 aliphatic heterocycles. The van der Waals surface area contributed by atoms with Gasteiger partial charge in [-0.1, -0.05) is 59.6 Å². The number of anilines is 1. The van der Waals surface area contributed by atoms with E-state index in [4.69, 9.17) is 33.7 Å². The predicted molar refractivity (Wildman–Crippen MR) is 181 cm³/mol. The number of amides is 3. The second-order valence-electron chi connectivity index (χ2n) is 12.2. The van der Waals surface area contributed by atoms with Crippen LogP contribution in [0.4, 0.5) is 14.9 Å². The van der Waals surface area contributed by atoms with Gasteiger partial charge in [-0.2, -0.15) is 0 Å². The van der Waals surface area contributed by atoms with E-state index in [0.717, 1.165) is 5.56 Å². The highest BCUT2D eigenvalue weighted by molar-refractivity contribution is 6.42. The summed E-state index contributed by atoms with van der Waals surface area (Å²) < 4.78 is 20.3. The number of halogens is 3. The van der Waals surface area contributed by atoms with E-state index >= 15 is 0 Å². The van der Waals surface area contributed by atoms with Gasteiger partial charge in [-0.15, -0.1) is 0 Å². The van der Waals surface area contributed by atoms with E-state index in [-0.39, 0.29) is 24.2 Å². The van der Waals surface area contributed by atoms with Crippen molar-refractivity contribution in [1.82, 2.24) is 15.1 Å². The van der Waals surface area contributed by atoms with E-state index in [1.165, 1.54) is 21.9 Å². The fourth-order valence-electron chi connectivity index (χ4n) is 6.49. The number of nitrogens with zero attached hydrogens (tertiary/aromatic N) is 3. The highest BCUT2D eigenvalue weighted by atomic mass is 35.5. The topological polar surface area (TPSA) is 108 Å². The van der Waals surface area contributed by atoms with Gasteiger partial charge in [0.2, 0.25) is 11.8 Å². The van der Waals surface area contributed by atoms with E-state index in [1.54, 1.807) is 38.4 Å². The van der Waals surface area contributed by atoms with Gasteiger partial charge in [-0.25, -0.2) is 9.18 Å². The van der Waals surface area contributed by atoms with E-state index in [1.807, 2.05) is 30.3 Å². The number of likely N-dealkylation sites (N-methyl/N-ethyl adjacent to an activating group) is 1. The van der Waals surface area contributed by atoms with Crippen LogP contribution in [0.25, 0.3) is 0 Å². The van der Waals surface area contributed by atoms with Crippen LogP contribution in [0.1, 0.15) is 41.9 Å². The zero-order valence-electron chi connectivity index (χ0n) is 26.6. The molecule has 47 heavy (non-hydrogen) atoms. The summed E-state index contributed by atoms with van der Waals surface area (Å²) in [5.74, 6) is -1.52. The van der Waals surface area contributed by atoms with E-state index < -0.39 is 23.7 Å². The van der Waals surface area contributed by atoms with Crippen molar-refractivity contribution in [1.29, 1.82) is 0 Å². The summed E-state index contributed by atoms with van der Waals surface area (Å²) >= 11 is 12.6. The minimum absolute atomic E-state index is 0.227. The number of fused-ring (bicyclic) bond motifs is 2. The number of ether oxygens (including phenoxy) is 1. The Balaban J connectivity index is 1.35. The normalized spacial score (nSPS) is 17.1. The molecule has 0 aliphatic carbocycles. The lowest BCUT2D eigenvalue weighted by Gasteiger charge is -2.46. The first kappa shape index (κ1) is 34.6. The summed E-state index contributed by atoms with van der Waals surface area (Å²) in [6.07, 6.45) is 1.26. The molecule has 0 saturated carbocycles. The number of hydrogen-bond donors (Lipinski definition) is 2. The van der Waals surface area contributed by atoms with Crippen LogP contribution in [-0.4, -0.2) is 80.6 Å². The summed E-state index contributed by atoms with van der Waals surface area (Å²) in [5, 5.41) is 3.56. The summed E-state index contributed by atoms with van der Waals surface area (Å²) in [4.78, 5) is 45.5. The Kier molecular flexibility index (Phi) is 11.1. The van der Waals surface area contributed by atoms with Crippen LogP contribution in [0, 0.1) is 5.82 Å². The molecule has 3 amide bonds. The third kappa shape index (κ3) is 7.73. The number of hydrogen-bond acceptors (Lipinski definition) is 6. The molecule has 3 aromatic carbocycles. The fraction of sp³-hybridized carbons (Fsp3) is 0.400. The molecule has 1 saturated heterocycles. The number of benzene rings is 3. The number of rotatable bonds is 11. The highest BCUT2D eigenvalue weighted by Gasteiger charge is 2.46. The first-order valence-corrected chi connectivity index (χ1v) is 16.5.